The van der Waals surface area contributed by atoms with Crippen molar-refractivity contribution >= 4 is 105 Å². The van der Waals surface area contributed by atoms with Gasteiger partial charge in [-0.3, -0.25) is 0 Å². The van der Waals surface area contributed by atoms with Crippen molar-refractivity contribution in [2.75, 3.05) is 0 Å². The molecule has 0 unspecified atom stereocenters. The molecule has 0 aliphatic carbocycles. The van der Waals surface area contributed by atoms with Crippen LogP contribution in [0.1, 0.15) is 0 Å². The van der Waals surface area contributed by atoms with Gasteiger partial charge in [0.05, 0.1) is 0 Å². The van der Waals surface area contributed by atoms with Crippen LogP contribution in [0.15, 0.2) is 425 Å². The summed E-state index contributed by atoms with van der Waals surface area (Å²) in [6, 6.07) is 153. The molecule has 0 bridgehead atoms. The topological polar surface area (TPSA) is 0 Å². The van der Waals surface area contributed by atoms with Crippen LogP contribution < -0.4 is 122 Å². The van der Waals surface area contributed by atoms with Gasteiger partial charge in [-0.25, -0.2) is 0 Å². The number of hydrogen-bond acceptors (Lipinski definition) is 0. The number of rotatable bonds is 14. The zero-order chi connectivity index (χ0) is 59.7. The molecule has 0 heterocycles. The second kappa shape index (κ2) is 36.8. The van der Waals surface area contributed by atoms with Gasteiger partial charge in [-0.15, -0.1) is 0 Å². The number of hydrogen-bond donors (Lipinski definition) is 0. The van der Waals surface area contributed by atoms with Crippen molar-refractivity contribution in [1.82, 2.24) is 0 Å². The molecule has 0 aliphatic heterocycles. The molecule has 14 rings (SSSR count). The van der Waals surface area contributed by atoms with E-state index >= 15 is 0 Å². The first-order valence-electron chi connectivity index (χ1n) is 30.1. The number of benzene rings is 14. The van der Waals surface area contributed by atoms with Gasteiger partial charge in [-0.1, -0.05) is 182 Å². The molecule has 0 spiro atoms. The molecule has 14 aromatic rings. The third-order valence-electron chi connectivity index (χ3n) is 15.7. The van der Waals surface area contributed by atoms with Crippen LogP contribution >= 0.6 is 30.4 Å². The zero-order valence-electron chi connectivity index (χ0n) is 50.4. The Bertz CT molecular complexity index is 3410. The van der Waals surface area contributed by atoms with E-state index in [9.17, 15) is 0 Å². The fourth-order valence-electron chi connectivity index (χ4n) is 11.9. The van der Waals surface area contributed by atoms with Crippen LogP contribution in [0.5, 0.6) is 0 Å². The molecular formula is C84H72I2P4Pd. The van der Waals surface area contributed by atoms with E-state index in [2.05, 4.69) is 425 Å². The Kier molecular flexibility index (Phi) is 28.3. The Balaban J connectivity index is 0.000000156. The van der Waals surface area contributed by atoms with E-state index in [4.69, 9.17) is 0 Å². The van der Waals surface area contributed by atoms with Gasteiger partial charge in [0.25, 0.3) is 0 Å². The average molecular weight is 1570 g/mol. The second-order valence-corrected chi connectivity index (χ2v) is 33.2. The summed E-state index contributed by atoms with van der Waals surface area (Å²) in [4.78, 5) is 0. The molecule has 0 saturated heterocycles. The predicted octanol–water partition coefficient (Wildman–Crippen LogP) is 8.97. The molecule has 7 heteroatoms. The van der Waals surface area contributed by atoms with E-state index in [0.29, 0.717) is 0 Å². The Morgan fingerprint density at radius 2 is 0.220 bits per heavy atom. The molecule has 452 valence electrons. The molecule has 0 fully saturated rings. The van der Waals surface area contributed by atoms with E-state index in [1.54, 1.807) is 0 Å². The third kappa shape index (κ3) is 17.3. The van der Waals surface area contributed by atoms with Gasteiger partial charge in [0.1, 0.15) is 0 Å². The Morgan fingerprint density at radius 1 is 0.132 bits per heavy atom. The fourth-order valence-corrected chi connectivity index (χ4v) is 26.0. The van der Waals surface area contributed by atoms with Gasteiger partial charge in [0, 0.05) is 0 Å². The van der Waals surface area contributed by atoms with E-state index < -0.39 is 30.4 Å². The van der Waals surface area contributed by atoms with Crippen LogP contribution in [0.4, 0.5) is 0 Å². The minimum atomic E-state index is -2.30. The van der Waals surface area contributed by atoms with Gasteiger partial charge >= 0.3 is 320 Å². The van der Waals surface area contributed by atoms with Crippen molar-refractivity contribution in [3.05, 3.63) is 425 Å². The SMILES string of the molecule is [I-].[I-].[Pd+2].c1ccc(P(c2ccccc2)c2ccccc2)cc1.c1ccc(P(c2ccccc2)c2ccccc2)cc1.c1ccc([PH](c2ccccc2)(c2ccccc2)c2ccccc2)cc1.c1ccc([PH](c2ccccc2)(c2ccccc2)c2ccccc2)cc1. The molecule has 0 aromatic heterocycles. The average Bonchev–Trinajstić information content (AvgIpc) is 0.823. The summed E-state index contributed by atoms with van der Waals surface area (Å²) in [5.74, 6) is 0. The van der Waals surface area contributed by atoms with Crippen molar-refractivity contribution in [3.8, 4) is 0 Å². The molecule has 14 aromatic carbocycles. The number of halogens is 2. The Hall–Kier alpha value is -7.08. The molecular weight excluding hydrogens is 1490 g/mol. The fraction of sp³-hybridized carbons (Fsp3) is 0. The van der Waals surface area contributed by atoms with Crippen molar-refractivity contribution < 1.29 is 68.4 Å². The standard InChI is InChI=1S/2C24H21P.2C18H15P.2HI.Pd/c2*1-5-13-21(14-6-1)25(22-15-7-2-8-16-22,23-17-9-3-10-18-23)24-19-11-4-12-20-24;2*1-4-10-16(11-5-1)19(17-12-6-2-7-13-17)18-14-8-3-9-15-18;;;/h2*1-20,25H;2*1-15H;2*1H;/q;;;;;;+2/p-2. The third-order valence-corrected chi connectivity index (χ3v) is 30.2. The second-order valence-electron chi connectivity index (χ2n) is 21.1. The van der Waals surface area contributed by atoms with Gasteiger partial charge in [0.15, 0.2) is 0 Å². The Morgan fingerprint density at radius 3 is 0.319 bits per heavy atom. The first kappa shape index (κ1) is 69.8. The van der Waals surface area contributed by atoms with Crippen LogP contribution in [0.25, 0.3) is 0 Å². The van der Waals surface area contributed by atoms with Gasteiger partial charge in [-0.05, 0) is 47.7 Å². The minimum absolute atomic E-state index is 0. The monoisotopic (exact) mass is 1560 g/mol. The molecule has 0 saturated carbocycles. The Labute approximate surface area is 591 Å². The molecule has 0 aliphatic rings. The summed E-state index contributed by atoms with van der Waals surface area (Å²) in [5, 5.41) is 19.7. The quantitative estimate of drug-likeness (QED) is 0.0580. The van der Waals surface area contributed by atoms with E-state index in [-0.39, 0.29) is 68.4 Å². The van der Waals surface area contributed by atoms with Crippen molar-refractivity contribution in [2.45, 2.75) is 0 Å². The first-order valence-corrected chi connectivity index (χ1v) is 36.8. The van der Waals surface area contributed by atoms with Gasteiger partial charge < -0.3 is 48.0 Å². The molecule has 0 atom stereocenters. The van der Waals surface area contributed by atoms with Crippen LogP contribution in [0.2, 0.25) is 0 Å². The normalized spacial score (nSPS) is 10.9. The van der Waals surface area contributed by atoms with E-state index in [0.717, 1.165) is 0 Å². The van der Waals surface area contributed by atoms with Gasteiger partial charge in [0.2, 0.25) is 0 Å². The predicted molar refractivity (Wildman–Crippen MR) is 396 cm³/mol. The maximum atomic E-state index is 2.29. The van der Waals surface area contributed by atoms with Crippen molar-refractivity contribution in [3.63, 3.8) is 0 Å². The van der Waals surface area contributed by atoms with Crippen molar-refractivity contribution in [2.24, 2.45) is 0 Å². The van der Waals surface area contributed by atoms with Crippen LogP contribution in [-0.4, -0.2) is 0 Å². The van der Waals surface area contributed by atoms with E-state index in [1.165, 1.54) is 74.3 Å². The summed E-state index contributed by atoms with van der Waals surface area (Å²) >= 11 is 0. The first-order chi connectivity index (χ1) is 43.7. The molecule has 0 nitrogen and oxygen atoms in total. The van der Waals surface area contributed by atoms with E-state index in [1.807, 2.05) is 0 Å². The summed E-state index contributed by atoms with van der Waals surface area (Å²) in [6.45, 7) is 0. The molecule has 0 N–H and O–H groups in total. The van der Waals surface area contributed by atoms with Crippen molar-refractivity contribution in [1.29, 1.82) is 0 Å². The summed E-state index contributed by atoms with van der Waals surface area (Å²) in [6.07, 6.45) is 0. The van der Waals surface area contributed by atoms with Crippen LogP contribution in [0.3, 0.4) is 0 Å². The zero-order valence-corrected chi connectivity index (χ0v) is 60.0. The van der Waals surface area contributed by atoms with Crippen LogP contribution in [0, 0.1) is 0 Å². The summed E-state index contributed by atoms with van der Waals surface area (Å²) < 4.78 is 0. The summed E-state index contributed by atoms with van der Waals surface area (Å²) in [7, 11) is -5.49. The van der Waals surface area contributed by atoms with Crippen LogP contribution in [-0.2, 0) is 20.4 Å². The molecule has 0 radical (unpaired) electrons. The maximum absolute atomic E-state index is 2.30. The molecule has 91 heavy (non-hydrogen) atoms. The summed E-state index contributed by atoms with van der Waals surface area (Å²) in [5.41, 5.74) is 0. The van der Waals surface area contributed by atoms with Gasteiger partial charge in [-0.2, -0.15) is 0 Å². The molecule has 0 amide bonds.